The molecule has 4 nitrogen and oxygen atoms in total. The lowest BCUT2D eigenvalue weighted by atomic mass is 10.1. The Kier molecular flexibility index (Phi) is 5.93. The number of aryl methyl sites for hydroxylation is 1. The Morgan fingerprint density at radius 3 is 2.35 bits per heavy atom. The number of amides is 1. The third kappa shape index (κ3) is 5.14. The van der Waals surface area contributed by atoms with E-state index in [-0.39, 0.29) is 11.7 Å². The molecule has 2 aromatic carbocycles. The van der Waals surface area contributed by atoms with E-state index in [9.17, 15) is 9.18 Å². The van der Waals surface area contributed by atoms with Crippen LogP contribution < -0.4 is 10.6 Å². The first kappa shape index (κ1) is 17.6. The molecule has 0 spiro atoms. The highest BCUT2D eigenvalue weighted by atomic mass is 19.1. The van der Waals surface area contributed by atoms with Gasteiger partial charge in [0.1, 0.15) is 11.5 Å². The smallest absolute Gasteiger partial charge is 0.269 e. The standard InChI is InChI=1S/C21H20FN3O/c22-17-8-10-18(11-9-17)25-19-12-13-20(24-15-19)21(26)23-14-4-7-16-5-2-1-3-6-16/h1-3,5-6,8-13,15,25H,4,7,14H2,(H,23,26). The van der Waals surface area contributed by atoms with Gasteiger partial charge in [0.25, 0.3) is 5.91 Å². The SMILES string of the molecule is O=C(NCCCc1ccccc1)c1ccc(Nc2ccc(F)cc2)cn1. The van der Waals surface area contributed by atoms with Crippen LogP contribution in [0.25, 0.3) is 0 Å². The minimum Gasteiger partial charge on any atom is -0.354 e. The van der Waals surface area contributed by atoms with Crippen LogP contribution in [-0.2, 0) is 6.42 Å². The van der Waals surface area contributed by atoms with Crippen molar-refractivity contribution in [3.8, 4) is 0 Å². The molecule has 0 fully saturated rings. The summed E-state index contributed by atoms with van der Waals surface area (Å²) in [6.45, 7) is 0.602. The molecule has 0 bridgehead atoms. The number of anilines is 2. The number of aromatic nitrogens is 1. The lowest BCUT2D eigenvalue weighted by Crippen LogP contribution is -2.25. The second-order valence-corrected chi connectivity index (χ2v) is 5.91. The zero-order valence-electron chi connectivity index (χ0n) is 14.3. The number of pyridine rings is 1. The van der Waals surface area contributed by atoms with Crippen molar-refractivity contribution >= 4 is 17.3 Å². The summed E-state index contributed by atoms with van der Waals surface area (Å²) in [4.78, 5) is 16.3. The summed E-state index contributed by atoms with van der Waals surface area (Å²) in [5.41, 5.74) is 3.12. The molecule has 0 unspecified atom stereocenters. The van der Waals surface area contributed by atoms with Crippen molar-refractivity contribution in [2.75, 3.05) is 11.9 Å². The molecule has 0 radical (unpaired) electrons. The normalized spacial score (nSPS) is 10.3. The van der Waals surface area contributed by atoms with Gasteiger partial charge in [-0.05, 0) is 54.8 Å². The molecule has 0 saturated carbocycles. The van der Waals surface area contributed by atoms with E-state index in [2.05, 4.69) is 27.8 Å². The van der Waals surface area contributed by atoms with E-state index >= 15 is 0 Å². The lowest BCUT2D eigenvalue weighted by molar-refractivity contribution is 0.0948. The molecule has 0 saturated heterocycles. The number of hydrogen-bond donors (Lipinski definition) is 2. The second kappa shape index (κ2) is 8.76. The summed E-state index contributed by atoms with van der Waals surface area (Å²) >= 11 is 0. The van der Waals surface area contributed by atoms with Crippen molar-refractivity contribution < 1.29 is 9.18 Å². The van der Waals surface area contributed by atoms with Crippen LogP contribution >= 0.6 is 0 Å². The fourth-order valence-electron chi connectivity index (χ4n) is 2.53. The molecule has 1 heterocycles. The molecule has 1 amide bonds. The first-order chi connectivity index (χ1) is 12.7. The second-order valence-electron chi connectivity index (χ2n) is 5.91. The van der Waals surface area contributed by atoms with Crippen LogP contribution in [0.3, 0.4) is 0 Å². The Balaban J connectivity index is 1.46. The molecule has 1 aromatic heterocycles. The zero-order chi connectivity index (χ0) is 18.2. The Bertz CT molecular complexity index is 833. The van der Waals surface area contributed by atoms with Gasteiger partial charge in [-0.3, -0.25) is 4.79 Å². The first-order valence-corrected chi connectivity index (χ1v) is 8.51. The maximum atomic E-state index is 12.9. The van der Waals surface area contributed by atoms with Crippen molar-refractivity contribution in [2.24, 2.45) is 0 Å². The van der Waals surface area contributed by atoms with Crippen molar-refractivity contribution in [1.29, 1.82) is 0 Å². The minimum absolute atomic E-state index is 0.189. The van der Waals surface area contributed by atoms with Crippen LogP contribution in [-0.4, -0.2) is 17.4 Å². The molecule has 3 rings (SSSR count). The van der Waals surface area contributed by atoms with Gasteiger partial charge in [0.15, 0.2) is 0 Å². The molecule has 5 heteroatoms. The Labute approximate surface area is 152 Å². The molecule has 0 aliphatic heterocycles. The minimum atomic E-state index is -0.284. The van der Waals surface area contributed by atoms with E-state index in [0.717, 1.165) is 24.2 Å². The van der Waals surface area contributed by atoms with Crippen LogP contribution in [0.4, 0.5) is 15.8 Å². The van der Waals surface area contributed by atoms with Gasteiger partial charge in [-0.15, -0.1) is 0 Å². The van der Waals surface area contributed by atoms with Crippen LogP contribution in [0, 0.1) is 5.82 Å². The molecule has 3 aromatic rings. The summed E-state index contributed by atoms with van der Waals surface area (Å²) < 4.78 is 12.9. The van der Waals surface area contributed by atoms with Gasteiger partial charge < -0.3 is 10.6 Å². The summed E-state index contributed by atoms with van der Waals surface area (Å²) in [5.74, 6) is -0.473. The predicted octanol–water partition coefficient (Wildman–Crippen LogP) is 4.33. The van der Waals surface area contributed by atoms with Gasteiger partial charge in [-0.25, -0.2) is 9.37 Å². The molecule has 2 N–H and O–H groups in total. The number of carbonyl (C=O) groups is 1. The van der Waals surface area contributed by atoms with E-state index in [0.29, 0.717) is 12.2 Å². The Hall–Kier alpha value is -3.21. The fourth-order valence-corrected chi connectivity index (χ4v) is 2.53. The quantitative estimate of drug-likeness (QED) is 0.624. The van der Waals surface area contributed by atoms with Gasteiger partial charge in [0, 0.05) is 12.2 Å². The van der Waals surface area contributed by atoms with Crippen molar-refractivity contribution in [1.82, 2.24) is 10.3 Å². The molecule has 0 aliphatic rings. The van der Waals surface area contributed by atoms with Crippen molar-refractivity contribution in [3.05, 3.63) is 90.0 Å². The number of nitrogens with one attached hydrogen (secondary N) is 2. The van der Waals surface area contributed by atoms with Crippen molar-refractivity contribution in [2.45, 2.75) is 12.8 Å². The molecule has 26 heavy (non-hydrogen) atoms. The first-order valence-electron chi connectivity index (χ1n) is 8.51. The van der Waals surface area contributed by atoms with Crippen molar-refractivity contribution in [3.63, 3.8) is 0 Å². The Morgan fingerprint density at radius 1 is 0.923 bits per heavy atom. The molecular weight excluding hydrogens is 329 g/mol. The van der Waals surface area contributed by atoms with Gasteiger partial charge >= 0.3 is 0 Å². The van der Waals surface area contributed by atoms with E-state index < -0.39 is 0 Å². The average Bonchev–Trinajstić information content (AvgIpc) is 2.68. The molecule has 0 aliphatic carbocycles. The predicted molar refractivity (Wildman–Crippen MR) is 101 cm³/mol. The van der Waals surface area contributed by atoms with Crippen LogP contribution in [0.15, 0.2) is 72.9 Å². The molecule has 0 atom stereocenters. The highest BCUT2D eigenvalue weighted by molar-refractivity contribution is 5.92. The van der Waals surface area contributed by atoms with E-state index in [4.69, 9.17) is 0 Å². The monoisotopic (exact) mass is 349 g/mol. The number of halogens is 1. The van der Waals surface area contributed by atoms with Crippen LogP contribution in [0.1, 0.15) is 22.5 Å². The number of nitrogens with zero attached hydrogens (tertiary/aromatic N) is 1. The number of hydrogen-bond acceptors (Lipinski definition) is 3. The largest absolute Gasteiger partial charge is 0.354 e. The lowest BCUT2D eigenvalue weighted by Gasteiger charge is -2.08. The highest BCUT2D eigenvalue weighted by Crippen LogP contribution is 2.16. The topological polar surface area (TPSA) is 54.0 Å². The van der Waals surface area contributed by atoms with E-state index in [1.807, 2.05) is 18.2 Å². The maximum Gasteiger partial charge on any atom is 0.269 e. The van der Waals surface area contributed by atoms with Gasteiger partial charge in [-0.1, -0.05) is 30.3 Å². The summed E-state index contributed by atoms with van der Waals surface area (Å²) in [7, 11) is 0. The maximum absolute atomic E-state index is 12.9. The van der Waals surface area contributed by atoms with Gasteiger partial charge in [0.2, 0.25) is 0 Å². The molecular formula is C21H20FN3O. The Morgan fingerprint density at radius 2 is 1.65 bits per heavy atom. The zero-order valence-corrected chi connectivity index (χ0v) is 14.3. The van der Waals surface area contributed by atoms with Crippen LogP contribution in [0.5, 0.6) is 0 Å². The fraction of sp³-hybridized carbons (Fsp3) is 0.143. The van der Waals surface area contributed by atoms with Gasteiger partial charge in [0.05, 0.1) is 11.9 Å². The summed E-state index contributed by atoms with van der Waals surface area (Å²) in [5, 5.41) is 5.99. The third-order valence-electron chi connectivity index (χ3n) is 3.90. The van der Waals surface area contributed by atoms with E-state index in [1.165, 1.54) is 17.7 Å². The molecule has 132 valence electrons. The summed E-state index contributed by atoms with van der Waals surface area (Å²) in [6.07, 6.45) is 3.39. The highest BCUT2D eigenvalue weighted by Gasteiger charge is 2.06. The number of benzene rings is 2. The number of carbonyl (C=O) groups excluding carboxylic acids is 1. The van der Waals surface area contributed by atoms with E-state index in [1.54, 1.807) is 30.5 Å². The average molecular weight is 349 g/mol. The van der Waals surface area contributed by atoms with Gasteiger partial charge in [-0.2, -0.15) is 0 Å². The summed E-state index contributed by atoms with van der Waals surface area (Å²) in [6, 6.07) is 19.7. The third-order valence-corrected chi connectivity index (χ3v) is 3.90. The number of rotatable bonds is 7. The van der Waals surface area contributed by atoms with Crippen LogP contribution in [0.2, 0.25) is 0 Å².